The topological polar surface area (TPSA) is 63.0 Å². The minimum Gasteiger partial charge on any atom is -0.412 e. The van der Waals surface area contributed by atoms with E-state index in [1.807, 2.05) is 0 Å². The van der Waals surface area contributed by atoms with Gasteiger partial charge in [0.15, 0.2) is 0 Å². The second-order valence-corrected chi connectivity index (χ2v) is 3.55. The summed E-state index contributed by atoms with van der Waals surface area (Å²) in [7, 11) is 0. The first-order valence-electron chi connectivity index (χ1n) is 4.81. The SMILES string of the molecule is O.O.c1ccc2cc3ccccc3cc2c1. The van der Waals surface area contributed by atoms with E-state index in [4.69, 9.17) is 0 Å². The van der Waals surface area contributed by atoms with E-state index in [0.29, 0.717) is 0 Å². The van der Waals surface area contributed by atoms with E-state index >= 15 is 0 Å². The molecule has 2 nitrogen and oxygen atoms in total. The number of benzene rings is 3. The molecule has 16 heavy (non-hydrogen) atoms. The second-order valence-electron chi connectivity index (χ2n) is 3.55. The molecular weight excluding hydrogens is 200 g/mol. The number of hydrogen-bond acceptors (Lipinski definition) is 0. The zero-order chi connectivity index (χ0) is 9.38. The van der Waals surface area contributed by atoms with Crippen molar-refractivity contribution in [2.45, 2.75) is 0 Å². The van der Waals surface area contributed by atoms with Gasteiger partial charge in [0.1, 0.15) is 0 Å². The lowest BCUT2D eigenvalue weighted by molar-refractivity contribution is 0.823. The predicted octanol–water partition coefficient (Wildman–Crippen LogP) is 2.34. The highest BCUT2D eigenvalue weighted by molar-refractivity contribution is 5.97. The minimum atomic E-state index is 0. The highest BCUT2D eigenvalue weighted by atomic mass is 16.0. The Labute approximate surface area is 93.8 Å². The molecule has 82 valence electrons. The van der Waals surface area contributed by atoms with Crippen molar-refractivity contribution >= 4 is 21.5 Å². The maximum absolute atomic E-state index is 2.24. The normalized spacial score (nSPS) is 9.50. The molecule has 3 aromatic rings. The van der Waals surface area contributed by atoms with E-state index in [2.05, 4.69) is 60.7 Å². The van der Waals surface area contributed by atoms with Gasteiger partial charge in [-0.25, -0.2) is 0 Å². The van der Waals surface area contributed by atoms with Crippen LogP contribution in [0.4, 0.5) is 0 Å². The lowest BCUT2D eigenvalue weighted by Crippen LogP contribution is -1.74. The molecule has 0 aromatic heterocycles. The number of rotatable bonds is 0. The number of hydrogen-bond donors (Lipinski definition) is 0. The van der Waals surface area contributed by atoms with Crippen LogP contribution in [-0.2, 0) is 0 Å². The van der Waals surface area contributed by atoms with Crippen LogP contribution in [0, 0.1) is 0 Å². The van der Waals surface area contributed by atoms with E-state index in [9.17, 15) is 0 Å². The molecule has 4 N–H and O–H groups in total. The lowest BCUT2D eigenvalue weighted by atomic mass is 10.0. The first kappa shape index (κ1) is 12.2. The Kier molecular flexibility index (Phi) is 3.61. The molecule has 3 aromatic carbocycles. The maximum atomic E-state index is 2.24. The fourth-order valence-electron chi connectivity index (χ4n) is 1.88. The van der Waals surface area contributed by atoms with Crippen molar-refractivity contribution in [1.29, 1.82) is 0 Å². The van der Waals surface area contributed by atoms with E-state index in [1.54, 1.807) is 0 Å². The molecule has 0 heterocycles. The first-order chi connectivity index (χ1) is 6.93. The summed E-state index contributed by atoms with van der Waals surface area (Å²) in [6, 6.07) is 21.4. The molecule has 0 bridgehead atoms. The molecule has 0 radical (unpaired) electrons. The molecule has 0 fully saturated rings. The molecule has 0 aliphatic heterocycles. The standard InChI is InChI=1S/C14H10.2H2O/c1-2-6-12-10-14-8-4-3-7-13(14)9-11(12)5-1;;/h1-10H;2*1H2. The largest absolute Gasteiger partial charge is 0.412 e. The first-order valence-corrected chi connectivity index (χ1v) is 4.81. The highest BCUT2D eigenvalue weighted by Gasteiger charge is 1.95. The van der Waals surface area contributed by atoms with Crippen LogP contribution in [0.25, 0.3) is 21.5 Å². The Bertz CT molecular complexity index is 497. The summed E-state index contributed by atoms with van der Waals surface area (Å²) < 4.78 is 0. The van der Waals surface area contributed by atoms with Gasteiger partial charge >= 0.3 is 0 Å². The summed E-state index contributed by atoms with van der Waals surface area (Å²) >= 11 is 0. The van der Waals surface area contributed by atoms with Crippen LogP contribution in [-0.4, -0.2) is 11.0 Å². The molecule has 0 saturated heterocycles. The van der Waals surface area contributed by atoms with Crippen molar-refractivity contribution < 1.29 is 11.0 Å². The highest BCUT2D eigenvalue weighted by Crippen LogP contribution is 2.21. The van der Waals surface area contributed by atoms with Gasteiger partial charge in [0.05, 0.1) is 0 Å². The van der Waals surface area contributed by atoms with Gasteiger partial charge in [-0.2, -0.15) is 0 Å². The van der Waals surface area contributed by atoms with Crippen molar-refractivity contribution in [2.75, 3.05) is 0 Å². The Morgan fingerprint density at radius 3 is 0.938 bits per heavy atom. The third kappa shape index (κ3) is 1.89. The van der Waals surface area contributed by atoms with Gasteiger partial charge < -0.3 is 11.0 Å². The average Bonchev–Trinajstić information content (AvgIpc) is 2.26. The van der Waals surface area contributed by atoms with Gasteiger partial charge in [-0.3, -0.25) is 0 Å². The summed E-state index contributed by atoms with van der Waals surface area (Å²) in [5.41, 5.74) is 0. The Morgan fingerprint density at radius 1 is 0.438 bits per heavy atom. The molecule has 2 heteroatoms. The van der Waals surface area contributed by atoms with Crippen molar-refractivity contribution in [1.82, 2.24) is 0 Å². The lowest BCUT2D eigenvalue weighted by Gasteiger charge is -2.00. The molecule has 0 aliphatic rings. The van der Waals surface area contributed by atoms with Crippen LogP contribution >= 0.6 is 0 Å². The van der Waals surface area contributed by atoms with Gasteiger partial charge in [-0.05, 0) is 33.7 Å². The quantitative estimate of drug-likeness (QED) is 0.516. The smallest absolute Gasteiger partial charge is 0.0178 e. The fourth-order valence-corrected chi connectivity index (χ4v) is 1.88. The molecule has 0 amide bonds. The van der Waals surface area contributed by atoms with Gasteiger partial charge in [-0.15, -0.1) is 0 Å². The summed E-state index contributed by atoms with van der Waals surface area (Å²) in [5, 5.41) is 5.25. The van der Waals surface area contributed by atoms with Gasteiger partial charge in [0.2, 0.25) is 0 Å². The van der Waals surface area contributed by atoms with Crippen molar-refractivity contribution in [2.24, 2.45) is 0 Å². The van der Waals surface area contributed by atoms with E-state index in [0.717, 1.165) is 0 Å². The Hall–Kier alpha value is -1.90. The zero-order valence-corrected chi connectivity index (χ0v) is 8.77. The summed E-state index contributed by atoms with van der Waals surface area (Å²) in [6.45, 7) is 0. The van der Waals surface area contributed by atoms with Gasteiger partial charge in [0.25, 0.3) is 0 Å². The van der Waals surface area contributed by atoms with Gasteiger partial charge in [-0.1, -0.05) is 48.5 Å². The molecule has 0 spiro atoms. The summed E-state index contributed by atoms with van der Waals surface area (Å²) in [4.78, 5) is 0. The van der Waals surface area contributed by atoms with Crippen LogP contribution in [0.2, 0.25) is 0 Å². The summed E-state index contributed by atoms with van der Waals surface area (Å²) in [5.74, 6) is 0. The molecule has 3 rings (SSSR count). The van der Waals surface area contributed by atoms with E-state index in [1.165, 1.54) is 21.5 Å². The molecule has 0 aliphatic carbocycles. The molecule has 0 unspecified atom stereocenters. The van der Waals surface area contributed by atoms with Crippen molar-refractivity contribution in [3.63, 3.8) is 0 Å². The minimum absolute atomic E-state index is 0. The van der Waals surface area contributed by atoms with Crippen LogP contribution in [0.15, 0.2) is 60.7 Å². The Morgan fingerprint density at radius 2 is 0.688 bits per heavy atom. The van der Waals surface area contributed by atoms with Crippen molar-refractivity contribution in [3.8, 4) is 0 Å². The maximum Gasteiger partial charge on any atom is -0.0178 e. The molecule has 0 saturated carbocycles. The average molecular weight is 214 g/mol. The summed E-state index contributed by atoms with van der Waals surface area (Å²) in [6.07, 6.45) is 0. The van der Waals surface area contributed by atoms with Crippen LogP contribution in [0.5, 0.6) is 0 Å². The van der Waals surface area contributed by atoms with Crippen molar-refractivity contribution in [3.05, 3.63) is 60.7 Å². The Balaban J connectivity index is 0.000000640. The van der Waals surface area contributed by atoms with Crippen LogP contribution < -0.4 is 0 Å². The van der Waals surface area contributed by atoms with Crippen LogP contribution in [0.1, 0.15) is 0 Å². The molecular formula is C14H14O2. The van der Waals surface area contributed by atoms with E-state index in [-0.39, 0.29) is 11.0 Å². The van der Waals surface area contributed by atoms with Gasteiger partial charge in [0, 0.05) is 0 Å². The van der Waals surface area contributed by atoms with E-state index < -0.39 is 0 Å². The fraction of sp³-hybridized carbons (Fsp3) is 0. The number of fused-ring (bicyclic) bond motifs is 2. The zero-order valence-electron chi connectivity index (χ0n) is 8.77. The van der Waals surface area contributed by atoms with Crippen LogP contribution in [0.3, 0.4) is 0 Å². The third-order valence-electron chi connectivity index (χ3n) is 2.61. The third-order valence-corrected chi connectivity index (χ3v) is 2.61. The predicted molar refractivity (Wildman–Crippen MR) is 68.7 cm³/mol. The molecule has 0 atom stereocenters. The second kappa shape index (κ2) is 4.75. The monoisotopic (exact) mass is 214 g/mol.